The van der Waals surface area contributed by atoms with Crippen LogP contribution in [-0.2, 0) is 14.2 Å². The van der Waals surface area contributed by atoms with Gasteiger partial charge in [-0.25, -0.2) is 4.39 Å². The van der Waals surface area contributed by atoms with E-state index in [1.165, 1.54) is 0 Å². The Balaban J connectivity index is 2.74. The molecule has 0 aliphatic carbocycles. The number of rotatable bonds is 6. The molecule has 0 aromatic carbocycles. The zero-order chi connectivity index (χ0) is 14.9. The molecule has 1 saturated heterocycles. The summed E-state index contributed by atoms with van der Waals surface area (Å²) in [5.74, 6) is -16.3. The van der Waals surface area contributed by atoms with Gasteiger partial charge in [0.05, 0.1) is 12.9 Å². The molecule has 10 heteroatoms. The number of ether oxygens (including phenoxy) is 3. The average Bonchev–Trinajstić information content (AvgIpc) is 2.35. The van der Waals surface area contributed by atoms with Gasteiger partial charge in [0.15, 0.2) is 0 Å². The monoisotopic (exact) mass is 298 g/mol. The SMILES string of the molecule is C=COCCOCC1(F)OC(F)(F)C(F)(F)C1(F)F. The normalized spacial score (nSPS) is 31.1. The first-order valence-corrected chi connectivity index (χ1v) is 4.84. The van der Waals surface area contributed by atoms with Gasteiger partial charge < -0.3 is 9.47 Å². The van der Waals surface area contributed by atoms with Gasteiger partial charge in [-0.3, -0.25) is 4.74 Å². The molecule has 0 bridgehead atoms. The van der Waals surface area contributed by atoms with Crippen LogP contribution in [0.4, 0.5) is 30.7 Å². The second-order valence-electron chi connectivity index (χ2n) is 3.59. The lowest BCUT2D eigenvalue weighted by Crippen LogP contribution is -2.54. The van der Waals surface area contributed by atoms with E-state index in [0.29, 0.717) is 0 Å². The van der Waals surface area contributed by atoms with Crippen molar-refractivity contribution in [3.8, 4) is 0 Å². The fourth-order valence-electron chi connectivity index (χ4n) is 1.26. The predicted octanol–water partition coefficient (Wildman–Crippen LogP) is 2.72. The Morgan fingerprint density at radius 3 is 1.95 bits per heavy atom. The highest BCUT2D eigenvalue weighted by molar-refractivity contribution is 5.08. The Bertz CT molecular complexity index is 347. The van der Waals surface area contributed by atoms with Gasteiger partial charge in [-0.1, -0.05) is 6.58 Å². The third kappa shape index (κ3) is 2.38. The molecule has 0 N–H and O–H groups in total. The van der Waals surface area contributed by atoms with Gasteiger partial charge in [-0.2, -0.15) is 26.3 Å². The zero-order valence-corrected chi connectivity index (χ0v) is 9.28. The lowest BCUT2D eigenvalue weighted by molar-refractivity contribution is -0.341. The molecule has 1 atom stereocenters. The van der Waals surface area contributed by atoms with Gasteiger partial charge in [0.2, 0.25) is 0 Å². The summed E-state index contributed by atoms with van der Waals surface area (Å²) in [6.45, 7) is 0.558. The summed E-state index contributed by atoms with van der Waals surface area (Å²) in [5, 5.41) is 0. The highest BCUT2D eigenvalue weighted by Crippen LogP contribution is 2.60. The van der Waals surface area contributed by atoms with E-state index >= 15 is 0 Å². The van der Waals surface area contributed by atoms with Gasteiger partial charge in [0.1, 0.15) is 13.2 Å². The van der Waals surface area contributed by atoms with Crippen molar-refractivity contribution in [2.45, 2.75) is 23.8 Å². The third-order valence-electron chi connectivity index (χ3n) is 2.27. The maximum absolute atomic E-state index is 13.5. The Morgan fingerprint density at radius 2 is 1.53 bits per heavy atom. The molecule has 1 aliphatic heterocycles. The molecule has 1 unspecified atom stereocenters. The molecule has 0 aromatic rings. The lowest BCUT2D eigenvalue weighted by atomic mass is 10.1. The Kier molecular flexibility index (Phi) is 4.06. The molecule has 1 heterocycles. The molecule has 1 rings (SSSR count). The molecule has 0 radical (unpaired) electrons. The van der Waals surface area contributed by atoms with Gasteiger partial charge >= 0.3 is 23.8 Å². The maximum Gasteiger partial charge on any atom is 0.428 e. The summed E-state index contributed by atoms with van der Waals surface area (Å²) in [7, 11) is 0. The summed E-state index contributed by atoms with van der Waals surface area (Å²) in [6.07, 6.45) is -4.68. The average molecular weight is 298 g/mol. The van der Waals surface area contributed by atoms with Crippen LogP contribution in [0, 0.1) is 0 Å². The van der Waals surface area contributed by atoms with E-state index in [9.17, 15) is 30.7 Å². The Hall–Kier alpha value is -1.03. The molecular formula is C9H9F7O3. The van der Waals surface area contributed by atoms with E-state index in [-0.39, 0.29) is 6.61 Å². The van der Waals surface area contributed by atoms with Crippen molar-refractivity contribution < 1.29 is 44.9 Å². The number of hydrogen-bond donors (Lipinski definition) is 0. The molecule has 1 aliphatic rings. The largest absolute Gasteiger partial charge is 0.499 e. The number of halogens is 7. The molecule has 3 nitrogen and oxygen atoms in total. The number of alkyl halides is 7. The van der Waals surface area contributed by atoms with Crippen molar-refractivity contribution >= 4 is 0 Å². The molecule has 0 spiro atoms. The summed E-state index contributed by atoms with van der Waals surface area (Å²) in [5.41, 5.74) is 0. The molecular weight excluding hydrogens is 289 g/mol. The van der Waals surface area contributed by atoms with Gasteiger partial charge in [-0.05, 0) is 0 Å². The van der Waals surface area contributed by atoms with Crippen LogP contribution in [0.3, 0.4) is 0 Å². The van der Waals surface area contributed by atoms with E-state index in [1.807, 2.05) is 0 Å². The summed E-state index contributed by atoms with van der Waals surface area (Å²) < 4.78 is 101. The van der Waals surface area contributed by atoms with Crippen LogP contribution in [-0.4, -0.2) is 43.6 Å². The van der Waals surface area contributed by atoms with Gasteiger partial charge in [0.25, 0.3) is 0 Å². The minimum absolute atomic E-state index is 0.252. The molecule has 0 saturated carbocycles. The van der Waals surface area contributed by atoms with E-state index < -0.39 is 37.0 Å². The lowest BCUT2D eigenvalue weighted by Gasteiger charge is -2.25. The van der Waals surface area contributed by atoms with Crippen molar-refractivity contribution in [3.63, 3.8) is 0 Å². The predicted molar refractivity (Wildman–Crippen MR) is 46.7 cm³/mol. The summed E-state index contributed by atoms with van der Waals surface area (Å²) >= 11 is 0. The minimum Gasteiger partial charge on any atom is -0.499 e. The van der Waals surface area contributed by atoms with Gasteiger partial charge in [0, 0.05) is 0 Å². The van der Waals surface area contributed by atoms with Crippen LogP contribution in [0.5, 0.6) is 0 Å². The van der Waals surface area contributed by atoms with Crippen molar-refractivity contribution in [2.24, 2.45) is 0 Å². The molecule has 1 fully saturated rings. The van der Waals surface area contributed by atoms with Crippen molar-refractivity contribution in [3.05, 3.63) is 12.8 Å². The van der Waals surface area contributed by atoms with E-state index in [1.54, 1.807) is 0 Å². The van der Waals surface area contributed by atoms with Crippen LogP contribution in [0.1, 0.15) is 0 Å². The van der Waals surface area contributed by atoms with E-state index in [2.05, 4.69) is 20.8 Å². The van der Waals surface area contributed by atoms with E-state index in [4.69, 9.17) is 0 Å². The Labute approximate surface area is 102 Å². The van der Waals surface area contributed by atoms with E-state index in [0.717, 1.165) is 6.26 Å². The van der Waals surface area contributed by atoms with Crippen LogP contribution < -0.4 is 0 Å². The first kappa shape index (κ1) is 16.0. The van der Waals surface area contributed by atoms with Crippen molar-refractivity contribution in [1.82, 2.24) is 0 Å². The topological polar surface area (TPSA) is 27.7 Å². The quantitative estimate of drug-likeness (QED) is 0.429. The second-order valence-corrected chi connectivity index (χ2v) is 3.59. The molecule has 0 amide bonds. The molecule has 112 valence electrons. The highest BCUT2D eigenvalue weighted by atomic mass is 19.4. The van der Waals surface area contributed by atoms with Crippen LogP contribution in [0.2, 0.25) is 0 Å². The first-order chi connectivity index (χ1) is 8.52. The summed E-state index contributed by atoms with van der Waals surface area (Å²) in [6, 6.07) is 0. The van der Waals surface area contributed by atoms with Crippen molar-refractivity contribution in [2.75, 3.05) is 19.8 Å². The summed E-state index contributed by atoms with van der Waals surface area (Å²) in [4.78, 5) is 0. The van der Waals surface area contributed by atoms with Crippen LogP contribution in [0.15, 0.2) is 12.8 Å². The standard InChI is InChI=1S/C9H9F7O3/c1-2-17-3-4-18-5-6(10)7(11,12)8(13,14)9(15,16)19-6/h2H,1,3-5H2. The Morgan fingerprint density at radius 1 is 0.947 bits per heavy atom. The van der Waals surface area contributed by atoms with Crippen LogP contribution >= 0.6 is 0 Å². The smallest absolute Gasteiger partial charge is 0.428 e. The highest BCUT2D eigenvalue weighted by Gasteiger charge is 2.89. The minimum atomic E-state index is -5.98. The molecule has 19 heavy (non-hydrogen) atoms. The van der Waals surface area contributed by atoms with Gasteiger partial charge in [-0.15, -0.1) is 0 Å². The third-order valence-corrected chi connectivity index (χ3v) is 2.27. The van der Waals surface area contributed by atoms with Crippen LogP contribution in [0.25, 0.3) is 0 Å². The fraction of sp³-hybridized carbons (Fsp3) is 0.778. The second kappa shape index (κ2) is 4.82. The maximum atomic E-state index is 13.5. The number of hydrogen-bond acceptors (Lipinski definition) is 3. The first-order valence-electron chi connectivity index (χ1n) is 4.84. The van der Waals surface area contributed by atoms with Crippen molar-refractivity contribution in [1.29, 1.82) is 0 Å². The molecule has 0 aromatic heterocycles. The fourth-order valence-corrected chi connectivity index (χ4v) is 1.26. The zero-order valence-electron chi connectivity index (χ0n) is 9.28.